The minimum atomic E-state index is -0.751. The third-order valence-electron chi connectivity index (χ3n) is 4.24. The summed E-state index contributed by atoms with van der Waals surface area (Å²) in [6.07, 6.45) is 0. The van der Waals surface area contributed by atoms with E-state index in [4.69, 9.17) is 9.47 Å². The van der Waals surface area contributed by atoms with E-state index in [1.165, 1.54) is 11.0 Å². The average molecular weight is 541 g/mol. The Morgan fingerprint density at radius 3 is 2.60 bits per heavy atom. The van der Waals surface area contributed by atoms with Crippen molar-refractivity contribution in [3.63, 3.8) is 0 Å². The van der Waals surface area contributed by atoms with Gasteiger partial charge < -0.3 is 25.0 Å². The lowest BCUT2D eigenvalue weighted by Gasteiger charge is -2.26. The van der Waals surface area contributed by atoms with Crippen molar-refractivity contribution in [2.45, 2.75) is 0 Å². The average Bonchev–Trinajstić information content (AvgIpc) is 2.70. The molecule has 170 valence electrons. The van der Waals surface area contributed by atoms with Crippen LogP contribution in [0.3, 0.4) is 0 Å². The number of rotatable bonds is 9. The van der Waals surface area contributed by atoms with Crippen LogP contribution in [0.2, 0.25) is 0 Å². The Morgan fingerprint density at radius 1 is 1.23 bits per heavy atom. The van der Waals surface area contributed by atoms with Crippen LogP contribution in [0.4, 0.5) is 8.78 Å². The summed E-state index contributed by atoms with van der Waals surface area (Å²) in [5.74, 6) is -1.08. The van der Waals surface area contributed by atoms with Crippen LogP contribution in [-0.2, 0) is 9.53 Å². The summed E-state index contributed by atoms with van der Waals surface area (Å²) >= 11 is 0. The van der Waals surface area contributed by atoms with Crippen molar-refractivity contribution in [2.24, 2.45) is 4.99 Å². The maximum absolute atomic E-state index is 13.6. The Kier molecular flexibility index (Phi) is 12.5. The van der Waals surface area contributed by atoms with E-state index in [1.54, 1.807) is 14.1 Å². The maximum Gasteiger partial charge on any atom is 0.243 e. The van der Waals surface area contributed by atoms with E-state index in [0.29, 0.717) is 19.0 Å². The van der Waals surface area contributed by atoms with Crippen LogP contribution in [0, 0.1) is 11.6 Å². The fraction of sp³-hybridized carbons (Fsp3) is 0.579. The van der Waals surface area contributed by atoms with Gasteiger partial charge in [-0.1, -0.05) is 0 Å². The lowest BCUT2D eigenvalue weighted by Crippen LogP contribution is -2.45. The molecule has 1 saturated heterocycles. The number of halogens is 3. The van der Waals surface area contributed by atoms with Crippen molar-refractivity contribution in [2.75, 3.05) is 73.2 Å². The van der Waals surface area contributed by atoms with Gasteiger partial charge in [0, 0.05) is 46.3 Å². The van der Waals surface area contributed by atoms with Crippen molar-refractivity contribution in [3.05, 3.63) is 29.8 Å². The number of guanidine groups is 1. The second-order valence-corrected chi connectivity index (χ2v) is 6.68. The molecule has 1 aromatic rings. The summed E-state index contributed by atoms with van der Waals surface area (Å²) < 4.78 is 37.2. The van der Waals surface area contributed by atoms with E-state index in [-0.39, 0.29) is 48.8 Å². The highest BCUT2D eigenvalue weighted by molar-refractivity contribution is 14.0. The highest BCUT2D eigenvalue weighted by Crippen LogP contribution is 2.17. The molecule has 30 heavy (non-hydrogen) atoms. The topological polar surface area (TPSA) is 78.4 Å². The van der Waals surface area contributed by atoms with Crippen molar-refractivity contribution in [3.8, 4) is 5.75 Å². The first-order chi connectivity index (χ1) is 14.0. The SMILES string of the molecule is CN(C)C(=O)CN=C(NCCOc1ccc(F)cc1F)NCCN1CCOCC1.I. The first-order valence-corrected chi connectivity index (χ1v) is 9.56. The van der Waals surface area contributed by atoms with E-state index < -0.39 is 11.6 Å². The highest BCUT2D eigenvalue weighted by atomic mass is 127. The normalized spacial score (nSPS) is 14.6. The molecule has 0 unspecified atom stereocenters. The monoisotopic (exact) mass is 541 g/mol. The molecule has 0 aliphatic carbocycles. The molecule has 1 aliphatic rings. The predicted molar refractivity (Wildman–Crippen MR) is 122 cm³/mol. The Bertz CT molecular complexity index is 688. The minimum absolute atomic E-state index is 0. The zero-order chi connectivity index (χ0) is 21.1. The van der Waals surface area contributed by atoms with Crippen LogP contribution in [0.1, 0.15) is 0 Å². The van der Waals surface area contributed by atoms with Gasteiger partial charge in [0.25, 0.3) is 0 Å². The van der Waals surface area contributed by atoms with Crippen molar-refractivity contribution >= 4 is 35.8 Å². The quantitative estimate of drug-likeness (QED) is 0.210. The van der Waals surface area contributed by atoms with Crippen LogP contribution >= 0.6 is 24.0 Å². The highest BCUT2D eigenvalue weighted by Gasteiger charge is 2.10. The molecule has 1 amide bonds. The summed E-state index contributed by atoms with van der Waals surface area (Å²) in [4.78, 5) is 19.8. The zero-order valence-electron chi connectivity index (χ0n) is 17.3. The molecule has 2 N–H and O–H groups in total. The third kappa shape index (κ3) is 9.85. The number of amides is 1. The van der Waals surface area contributed by atoms with Crippen LogP contribution in [0.5, 0.6) is 5.75 Å². The van der Waals surface area contributed by atoms with E-state index >= 15 is 0 Å². The number of aliphatic imine (C=N–C) groups is 1. The molecule has 11 heteroatoms. The number of benzene rings is 1. The number of ether oxygens (including phenoxy) is 2. The second-order valence-electron chi connectivity index (χ2n) is 6.68. The lowest BCUT2D eigenvalue weighted by atomic mass is 10.3. The summed E-state index contributed by atoms with van der Waals surface area (Å²) in [5.41, 5.74) is 0. The van der Waals surface area contributed by atoms with Gasteiger partial charge in [0.1, 0.15) is 19.0 Å². The predicted octanol–water partition coefficient (Wildman–Crippen LogP) is 0.917. The second kappa shape index (κ2) is 14.3. The number of hydrogen-bond acceptors (Lipinski definition) is 5. The summed E-state index contributed by atoms with van der Waals surface area (Å²) in [5, 5.41) is 6.24. The molecule has 2 rings (SSSR count). The van der Waals surface area contributed by atoms with Crippen molar-refractivity contribution in [1.29, 1.82) is 0 Å². The minimum Gasteiger partial charge on any atom is -0.489 e. The van der Waals surface area contributed by atoms with Gasteiger partial charge in [-0.3, -0.25) is 9.69 Å². The number of hydrogen-bond donors (Lipinski definition) is 2. The molecule has 1 fully saturated rings. The van der Waals surface area contributed by atoms with Crippen LogP contribution in [0.15, 0.2) is 23.2 Å². The molecule has 1 aromatic carbocycles. The third-order valence-corrected chi connectivity index (χ3v) is 4.24. The van der Waals surface area contributed by atoms with Gasteiger partial charge >= 0.3 is 0 Å². The fourth-order valence-electron chi connectivity index (χ4n) is 2.54. The van der Waals surface area contributed by atoms with Crippen LogP contribution in [0.25, 0.3) is 0 Å². The van der Waals surface area contributed by atoms with E-state index in [2.05, 4.69) is 20.5 Å². The molecule has 0 aromatic heterocycles. The largest absolute Gasteiger partial charge is 0.489 e. The van der Waals surface area contributed by atoms with Crippen molar-refractivity contribution < 1.29 is 23.0 Å². The van der Waals surface area contributed by atoms with Gasteiger partial charge in [-0.2, -0.15) is 0 Å². The summed E-state index contributed by atoms with van der Waals surface area (Å²) in [7, 11) is 3.34. The van der Waals surface area contributed by atoms with E-state index in [1.807, 2.05) is 0 Å². The first-order valence-electron chi connectivity index (χ1n) is 9.56. The van der Waals surface area contributed by atoms with Gasteiger partial charge in [0.2, 0.25) is 5.91 Å². The van der Waals surface area contributed by atoms with Gasteiger partial charge in [0.15, 0.2) is 17.5 Å². The Hall–Kier alpha value is -1.73. The molecule has 1 heterocycles. The molecule has 1 aliphatic heterocycles. The van der Waals surface area contributed by atoms with Gasteiger partial charge in [-0.15, -0.1) is 24.0 Å². The molecule has 8 nitrogen and oxygen atoms in total. The van der Waals surface area contributed by atoms with Gasteiger partial charge in [0.05, 0.1) is 19.8 Å². The molecule has 0 radical (unpaired) electrons. The number of morpholine rings is 1. The van der Waals surface area contributed by atoms with E-state index in [0.717, 1.165) is 45.0 Å². The molecule has 0 atom stereocenters. The lowest BCUT2D eigenvalue weighted by molar-refractivity contribution is -0.127. The molecule has 0 saturated carbocycles. The first kappa shape index (κ1) is 26.3. The standard InChI is InChI=1S/C19H29F2N5O3.HI/c1-25(2)18(27)14-24-19(22-5-7-26-8-11-28-12-9-26)23-6-10-29-17-4-3-15(20)13-16(17)21;/h3-4,13H,5-12,14H2,1-2H3,(H2,22,23,24);1H. The Balaban J connectivity index is 0.00000450. The number of carbonyl (C=O) groups is 1. The summed E-state index contributed by atoms with van der Waals surface area (Å²) in [6, 6.07) is 3.16. The van der Waals surface area contributed by atoms with Crippen LogP contribution in [-0.4, -0.2) is 94.9 Å². The number of likely N-dealkylation sites (N-methyl/N-ethyl adjacent to an activating group) is 1. The Morgan fingerprint density at radius 2 is 1.93 bits per heavy atom. The number of nitrogens with zero attached hydrogens (tertiary/aromatic N) is 3. The number of nitrogens with one attached hydrogen (secondary N) is 2. The summed E-state index contributed by atoms with van der Waals surface area (Å²) in [6.45, 7) is 5.19. The van der Waals surface area contributed by atoms with Gasteiger partial charge in [-0.25, -0.2) is 13.8 Å². The number of carbonyl (C=O) groups excluding carboxylic acids is 1. The van der Waals surface area contributed by atoms with Crippen LogP contribution < -0.4 is 15.4 Å². The van der Waals surface area contributed by atoms with Crippen molar-refractivity contribution in [1.82, 2.24) is 20.4 Å². The molecule has 0 spiro atoms. The Labute approximate surface area is 193 Å². The molecule has 0 bridgehead atoms. The fourth-order valence-corrected chi connectivity index (χ4v) is 2.54. The molecular formula is C19H30F2IN5O3. The maximum atomic E-state index is 13.6. The zero-order valence-corrected chi connectivity index (χ0v) is 19.7. The smallest absolute Gasteiger partial charge is 0.243 e. The van der Waals surface area contributed by atoms with E-state index in [9.17, 15) is 13.6 Å². The van der Waals surface area contributed by atoms with Gasteiger partial charge in [-0.05, 0) is 12.1 Å². The molecular weight excluding hydrogens is 511 g/mol.